The standard InChI is InChI=1S/C16H13BrFNO/c1-20-16-5-2-13(17)8-12(16)10-19-7-6-11-9-14(18)3-4-15(11)19/h2-9H,10H2,1H3. The molecule has 0 radical (unpaired) electrons. The van der Waals surface area contributed by atoms with Gasteiger partial charge >= 0.3 is 0 Å². The summed E-state index contributed by atoms with van der Waals surface area (Å²) in [4.78, 5) is 0. The van der Waals surface area contributed by atoms with Crippen molar-refractivity contribution in [3.63, 3.8) is 0 Å². The van der Waals surface area contributed by atoms with E-state index in [9.17, 15) is 4.39 Å². The lowest BCUT2D eigenvalue weighted by molar-refractivity contribution is 0.408. The van der Waals surface area contributed by atoms with Crippen LogP contribution in [0.25, 0.3) is 10.9 Å². The molecule has 0 amide bonds. The molecule has 0 saturated heterocycles. The molecule has 0 aliphatic heterocycles. The van der Waals surface area contributed by atoms with Gasteiger partial charge in [-0.05, 0) is 42.5 Å². The lowest BCUT2D eigenvalue weighted by Gasteiger charge is -2.11. The van der Waals surface area contributed by atoms with Crippen LogP contribution in [0.4, 0.5) is 4.39 Å². The van der Waals surface area contributed by atoms with Crippen LogP contribution in [0, 0.1) is 5.82 Å². The Kier molecular flexibility index (Phi) is 3.49. The first-order valence-electron chi connectivity index (χ1n) is 6.24. The molecule has 4 heteroatoms. The summed E-state index contributed by atoms with van der Waals surface area (Å²) in [5, 5.41) is 0.902. The second-order valence-corrected chi connectivity index (χ2v) is 5.52. The first kappa shape index (κ1) is 13.2. The van der Waals surface area contributed by atoms with Crippen LogP contribution in [0.15, 0.2) is 53.1 Å². The molecule has 0 spiro atoms. The van der Waals surface area contributed by atoms with E-state index in [1.807, 2.05) is 30.5 Å². The van der Waals surface area contributed by atoms with Crippen LogP contribution >= 0.6 is 15.9 Å². The van der Waals surface area contributed by atoms with Crippen molar-refractivity contribution < 1.29 is 9.13 Å². The molecule has 3 rings (SSSR count). The van der Waals surface area contributed by atoms with Crippen molar-refractivity contribution in [1.82, 2.24) is 4.57 Å². The summed E-state index contributed by atoms with van der Waals surface area (Å²) in [6.07, 6.45) is 1.96. The van der Waals surface area contributed by atoms with Crippen molar-refractivity contribution in [2.75, 3.05) is 7.11 Å². The number of halogens is 2. The molecule has 0 unspecified atom stereocenters. The number of hydrogen-bond donors (Lipinski definition) is 0. The Hall–Kier alpha value is -1.81. The van der Waals surface area contributed by atoms with E-state index in [-0.39, 0.29) is 5.82 Å². The Morgan fingerprint density at radius 2 is 2.00 bits per heavy atom. The van der Waals surface area contributed by atoms with Gasteiger partial charge in [0, 0.05) is 27.1 Å². The molecule has 0 fully saturated rings. The van der Waals surface area contributed by atoms with Crippen LogP contribution in [0.5, 0.6) is 5.75 Å². The van der Waals surface area contributed by atoms with Gasteiger partial charge in [0.25, 0.3) is 0 Å². The monoisotopic (exact) mass is 333 g/mol. The molecule has 2 nitrogen and oxygen atoms in total. The SMILES string of the molecule is COc1ccc(Br)cc1Cn1ccc2cc(F)ccc21. The fourth-order valence-electron chi connectivity index (χ4n) is 2.36. The zero-order chi connectivity index (χ0) is 14.1. The molecule has 1 heterocycles. The maximum absolute atomic E-state index is 13.2. The molecule has 0 N–H and O–H groups in total. The van der Waals surface area contributed by atoms with Crippen LogP contribution in [0.3, 0.4) is 0 Å². The van der Waals surface area contributed by atoms with Crippen molar-refractivity contribution >= 4 is 26.8 Å². The molecule has 0 aliphatic rings. The first-order valence-corrected chi connectivity index (χ1v) is 7.03. The van der Waals surface area contributed by atoms with Gasteiger partial charge in [-0.1, -0.05) is 15.9 Å². The zero-order valence-electron chi connectivity index (χ0n) is 10.9. The highest BCUT2D eigenvalue weighted by Gasteiger charge is 2.07. The average Bonchev–Trinajstić information content (AvgIpc) is 2.81. The Balaban J connectivity index is 2.03. The van der Waals surface area contributed by atoms with Crippen LogP contribution in [0.2, 0.25) is 0 Å². The Bertz CT molecular complexity index is 766. The van der Waals surface area contributed by atoms with Gasteiger partial charge in [0.2, 0.25) is 0 Å². The summed E-state index contributed by atoms with van der Waals surface area (Å²) in [6.45, 7) is 0.678. The molecule has 0 atom stereocenters. The number of hydrogen-bond acceptors (Lipinski definition) is 1. The van der Waals surface area contributed by atoms with Crippen molar-refractivity contribution in [2.45, 2.75) is 6.54 Å². The smallest absolute Gasteiger partial charge is 0.123 e. The van der Waals surface area contributed by atoms with Gasteiger partial charge in [0.05, 0.1) is 13.7 Å². The maximum Gasteiger partial charge on any atom is 0.123 e. The number of rotatable bonds is 3. The second-order valence-electron chi connectivity index (χ2n) is 4.60. The highest BCUT2D eigenvalue weighted by atomic mass is 79.9. The third-order valence-corrected chi connectivity index (χ3v) is 3.81. The molecule has 1 aromatic heterocycles. The van der Waals surface area contributed by atoms with Gasteiger partial charge in [-0.2, -0.15) is 0 Å². The molecule has 102 valence electrons. The van der Waals surface area contributed by atoms with Gasteiger partial charge in [0.15, 0.2) is 0 Å². The van der Waals surface area contributed by atoms with E-state index in [1.165, 1.54) is 6.07 Å². The summed E-state index contributed by atoms with van der Waals surface area (Å²) < 4.78 is 21.7. The van der Waals surface area contributed by atoms with Crippen molar-refractivity contribution in [2.24, 2.45) is 0 Å². The van der Waals surface area contributed by atoms with E-state index in [4.69, 9.17) is 4.74 Å². The topological polar surface area (TPSA) is 14.2 Å². The molecular formula is C16H13BrFNO. The van der Waals surface area contributed by atoms with E-state index < -0.39 is 0 Å². The first-order chi connectivity index (χ1) is 9.67. The van der Waals surface area contributed by atoms with E-state index in [0.717, 1.165) is 26.7 Å². The summed E-state index contributed by atoms with van der Waals surface area (Å²) >= 11 is 3.47. The van der Waals surface area contributed by atoms with Crippen LogP contribution in [0.1, 0.15) is 5.56 Å². The van der Waals surface area contributed by atoms with Gasteiger partial charge in [-0.25, -0.2) is 4.39 Å². The minimum absolute atomic E-state index is 0.213. The number of nitrogens with zero attached hydrogens (tertiary/aromatic N) is 1. The predicted octanol–water partition coefficient (Wildman–Crippen LogP) is 4.60. The minimum Gasteiger partial charge on any atom is -0.496 e. The fraction of sp³-hybridized carbons (Fsp3) is 0.125. The Morgan fingerprint density at radius 1 is 1.15 bits per heavy atom. The lowest BCUT2D eigenvalue weighted by Crippen LogP contribution is -2.00. The lowest BCUT2D eigenvalue weighted by atomic mass is 10.2. The van der Waals surface area contributed by atoms with Gasteiger partial charge < -0.3 is 9.30 Å². The molecule has 2 aromatic carbocycles. The Labute approximate surface area is 124 Å². The molecule has 20 heavy (non-hydrogen) atoms. The van der Waals surface area contributed by atoms with Gasteiger partial charge in [-0.15, -0.1) is 0 Å². The largest absolute Gasteiger partial charge is 0.496 e. The van der Waals surface area contributed by atoms with Crippen LogP contribution in [-0.2, 0) is 6.54 Å². The van der Waals surface area contributed by atoms with Crippen molar-refractivity contribution in [1.29, 1.82) is 0 Å². The number of benzene rings is 2. The second kappa shape index (κ2) is 5.29. The van der Waals surface area contributed by atoms with E-state index in [0.29, 0.717) is 6.54 Å². The predicted molar refractivity (Wildman–Crippen MR) is 81.7 cm³/mol. The number of fused-ring (bicyclic) bond motifs is 1. The van der Waals surface area contributed by atoms with Crippen molar-refractivity contribution in [3.05, 3.63) is 64.5 Å². The minimum atomic E-state index is -0.213. The quantitative estimate of drug-likeness (QED) is 0.683. The molecule has 0 saturated carbocycles. The summed E-state index contributed by atoms with van der Waals surface area (Å²) in [5.41, 5.74) is 2.08. The van der Waals surface area contributed by atoms with Crippen LogP contribution < -0.4 is 4.74 Å². The van der Waals surface area contributed by atoms with Crippen LogP contribution in [-0.4, -0.2) is 11.7 Å². The third kappa shape index (κ3) is 2.43. The summed E-state index contributed by atoms with van der Waals surface area (Å²) in [5.74, 6) is 0.632. The number of aromatic nitrogens is 1. The highest BCUT2D eigenvalue weighted by Crippen LogP contribution is 2.26. The normalized spacial score (nSPS) is 10.9. The van der Waals surface area contributed by atoms with Gasteiger partial charge in [0.1, 0.15) is 11.6 Å². The van der Waals surface area contributed by atoms with E-state index >= 15 is 0 Å². The molecule has 3 aromatic rings. The zero-order valence-corrected chi connectivity index (χ0v) is 12.5. The highest BCUT2D eigenvalue weighted by molar-refractivity contribution is 9.10. The molecule has 0 aliphatic carbocycles. The maximum atomic E-state index is 13.2. The number of methoxy groups -OCH3 is 1. The summed E-state index contributed by atoms with van der Waals surface area (Å²) in [7, 11) is 1.66. The van der Waals surface area contributed by atoms with Gasteiger partial charge in [-0.3, -0.25) is 0 Å². The summed E-state index contributed by atoms with van der Waals surface area (Å²) in [6, 6.07) is 12.7. The van der Waals surface area contributed by atoms with E-state index in [2.05, 4.69) is 20.5 Å². The Morgan fingerprint density at radius 3 is 2.80 bits per heavy atom. The van der Waals surface area contributed by atoms with E-state index in [1.54, 1.807) is 19.2 Å². The average molecular weight is 334 g/mol. The molecular weight excluding hydrogens is 321 g/mol. The fourth-order valence-corrected chi connectivity index (χ4v) is 2.77. The number of ether oxygens (including phenoxy) is 1. The third-order valence-electron chi connectivity index (χ3n) is 3.32. The molecule has 0 bridgehead atoms. The van der Waals surface area contributed by atoms with Crippen molar-refractivity contribution in [3.8, 4) is 5.75 Å².